The standard InChI is InChI=1S/C12H13I/c13-9-10-4-3-7-12(8-10)11-5-1-2-6-11/h3-5,7-8H,1-2,6,9H2. The Morgan fingerprint density at radius 3 is 2.92 bits per heavy atom. The predicted octanol–water partition coefficient (Wildman–Crippen LogP) is 4.19. The van der Waals surface area contributed by atoms with Crippen molar-refractivity contribution in [2.24, 2.45) is 0 Å². The van der Waals surface area contributed by atoms with Crippen LogP contribution in [0.3, 0.4) is 0 Å². The second-order valence-corrected chi connectivity index (χ2v) is 4.22. The number of halogens is 1. The topological polar surface area (TPSA) is 0 Å². The third kappa shape index (κ3) is 2.13. The van der Waals surface area contributed by atoms with Crippen LogP contribution in [-0.2, 0) is 4.43 Å². The molecule has 1 aromatic rings. The Labute approximate surface area is 93.2 Å². The first-order valence-electron chi connectivity index (χ1n) is 4.74. The fraction of sp³-hybridized carbons (Fsp3) is 0.333. The number of alkyl halides is 1. The van der Waals surface area contributed by atoms with E-state index in [4.69, 9.17) is 0 Å². The maximum absolute atomic E-state index is 2.41. The zero-order valence-corrected chi connectivity index (χ0v) is 9.75. The van der Waals surface area contributed by atoms with Crippen molar-refractivity contribution in [2.45, 2.75) is 23.7 Å². The van der Waals surface area contributed by atoms with Crippen LogP contribution in [0.2, 0.25) is 0 Å². The maximum Gasteiger partial charge on any atom is 0.0247 e. The van der Waals surface area contributed by atoms with Crippen molar-refractivity contribution in [3.8, 4) is 0 Å². The van der Waals surface area contributed by atoms with Gasteiger partial charge in [-0.15, -0.1) is 0 Å². The molecule has 13 heavy (non-hydrogen) atoms. The molecule has 2 rings (SSSR count). The molecule has 1 heteroatoms. The molecular formula is C12H13I. The summed E-state index contributed by atoms with van der Waals surface area (Å²) in [7, 11) is 0. The Hall–Kier alpha value is -0.310. The largest absolute Gasteiger partial charge is 0.0812 e. The highest BCUT2D eigenvalue weighted by Gasteiger charge is 2.06. The number of hydrogen-bond donors (Lipinski definition) is 0. The molecule has 0 amide bonds. The Balaban J connectivity index is 2.29. The van der Waals surface area contributed by atoms with E-state index in [1.54, 1.807) is 5.57 Å². The van der Waals surface area contributed by atoms with Crippen LogP contribution in [0.5, 0.6) is 0 Å². The lowest BCUT2D eigenvalue weighted by atomic mass is 10.0. The molecule has 0 bridgehead atoms. The molecule has 0 N–H and O–H groups in total. The molecule has 0 nitrogen and oxygen atoms in total. The number of rotatable bonds is 2. The summed E-state index contributed by atoms with van der Waals surface area (Å²) in [6, 6.07) is 8.92. The first-order valence-corrected chi connectivity index (χ1v) is 6.27. The Morgan fingerprint density at radius 2 is 2.23 bits per heavy atom. The van der Waals surface area contributed by atoms with Crippen LogP contribution in [0.15, 0.2) is 30.3 Å². The predicted molar refractivity (Wildman–Crippen MR) is 66.0 cm³/mol. The van der Waals surface area contributed by atoms with E-state index in [-0.39, 0.29) is 0 Å². The second kappa shape index (κ2) is 4.27. The van der Waals surface area contributed by atoms with Crippen molar-refractivity contribution in [2.75, 3.05) is 0 Å². The minimum atomic E-state index is 1.11. The number of hydrogen-bond acceptors (Lipinski definition) is 0. The van der Waals surface area contributed by atoms with Gasteiger partial charge in [-0.05, 0) is 36.0 Å². The van der Waals surface area contributed by atoms with Gasteiger partial charge in [-0.25, -0.2) is 0 Å². The summed E-state index contributed by atoms with van der Waals surface area (Å²) in [6.45, 7) is 0. The average molecular weight is 284 g/mol. The van der Waals surface area contributed by atoms with Gasteiger partial charge in [0.05, 0.1) is 0 Å². The molecule has 0 aliphatic heterocycles. The molecule has 0 radical (unpaired) electrons. The van der Waals surface area contributed by atoms with Gasteiger partial charge in [0.25, 0.3) is 0 Å². The summed E-state index contributed by atoms with van der Waals surface area (Å²) < 4.78 is 1.11. The molecule has 0 atom stereocenters. The summed E-state index contributed by atoms with van der Waals surface area (Å²) in [5.41, 5.74) is 4.42. The molecule has 68 valence electrons. The van der Waals surface area contributed by atoms with Crippen molar-refractivity contribution in [1.82, 2.24) is 0 Å². The first kappa shape index (κ1) is 9.25. The highest BCUT2D eigenvalue weighted by Crippen LogP contribution is 2.28. The molecule has 0 aromatic heterocycles. The van der Waals surface area contributed by atoms with Crippen molar-refractivity contribution >= 4 is 28.2 Å². The van der Waals surface area contributed by atoms with Gasteiger partial charge in [0.2, 0.25) is 0 Å². The summed E-state index contributed by atoms with van der Waals surface area (Å²) in [6.07, 6.45) is 6.25. The minimum absolute atomic E-state index is 1.11. The monoisotopic (exact) mass is 284 g/mol. The van der Waals surface area contributed by atoms with Crippen molar-refractivity contribution < 1.29 is 0 Å². The SMILES string of the molecule is ICc1cccc(C2=CCCC2)c1. The van der Waals surface area contributed by atoms with Gasteiger partial charge in [-0.3, -0.25) is 0 Å². The Morgan fingerprint density at radius 1 is 1.31 bits per heavy atom. The average Bonchev–Trinajstić information content (AvgIpc) is 2.71. The van der Waals surface area contributed by atoms with Crippen LogP contribution < -0.4 is 0 Å². The lowest BCUT2D eigenvalue weighted by Gasteiger charge is -2.03. The highest BCUT2D eigenvalue weighted by molar-refractivity contribution is 14.1. The van der Waals surface area contributed by atoms with Gasteiger partial charge < -0.3 is 0 Å². The van der Waals surface area contributed by atoms with Gasteiger partial charge in [-0.1, -0.05) is 52.9 Å². The van der Waals surface area contributed by atoms with Crippen LogP contribution in [0.25, 0.3) is 5.57 Å². The van der Waals surface area contributed by atoms with Crippen LogP contribution in [-0.4, -0.2) is 0 Å². The quantitative estimate of drug-likeness (QED) is 0.564. The van der Waals surface area contributed by atoms with Crippen LogP contribution in [0.1, 0.15) is 30.4 Å². The Kier molecular flexibility index (Phi) is 3.04. The molecule has 1 aliphatic carbocycles. The summed E-state index contributed by atoms with van der Waals surface area (Å²) in [5.74, 6) is 0. The van der Waals surface area contributed by atoms with Gasteiger partial charge in [0, 0.05) is 4.43 Å². The van der Waals surface area contributed by atoms with E-state index in [1.165, 1.54) is 30.4 Å². The molecule has 1 aromatic carbocycles. The molecule has 0 saturated carbocycles. The maximum atomic E-state index is 2.41. The van der Waals surface area contributed by atoms with E-state index in [1.807, 2.05) is 0 Å². The van der Waals surface area contributed by atoms with E-state index in [2.05, 4.69) is 52.9 Å². The van der Waals surface area contributed by atoms with Gasteiger partial charge in [0.15, 0.2) is 0 Å². The molecule has 1 aliphatic rings. The third-order valence-electron chi connectivity index (χ3n) is 2.49. The zero-order chi connectivity index (χ0) is 9.10. The lowest BCUT2D eigenvalue weighted by Crippen LogP contribution is -1.83. The van der Waals surface area contributed by atoms with E-state index in [0.29, 0.717) is 0 Å². The van der Waals surface area contributed by atoms with E-state index < -0.39 is 0 Å². The van der Waals surface area contributed by atoms with Crippen LogP contribution >= 0.6 is 22.6 Å². The first-order chi connectivity index (χ1) is 6.40. The summed E-state index contributed by atoms with van der Waals surface area (Å²) in [5, 5.41) is 0. The molecule has 0 heterocycles. The van der Waals surface area contributed by atoms with E-state index in [0.717, 1.165) is 4.43 Å². The molecule has 0 saturated heterocycles. The minimum Gasteiger partial charge on any atom is -0.0812 e. The second-order valence-electron chi connectivity index (χ2n) is 3.46. The number of benzene rings is 1. The zero-order valence-electron chi connectivity index (χ0n) is 7.59. The van der Waals surface area contributed by atoms with Gasteiger partial charge >= 0.3 is 0 Å². The fourth-order valence-electron chi connectivity index (χ4n) is 1.79. The van der Waals surface area contributed by atoms with Crippen LogP contribution in [0.4, 0.5) is 0 Å². The molecular weight excluding hydrogens is 271 g/mol. The van der Waals surface area contributed by atoms with Crippen molar-refractivity contribution in [1.29, 1.82) is 0 Å². The third-order valence-corrected chi connectivity index (χ3v) is 3.37. The van der Waals surface area contributed by atoms with Crippen molar-refractivity contribution in [3.63, 3.8) is 0 Å². The smallest absolute Gasteiger partial charge is 0.0247 e. The highest BCUT2D eigenvalue weighted by atomic mass is 127. The summed E-state index contributed by atoms with van der Waals surface area (Å²) in [4.78, 5) is 0. The van der Waals surface area contributed by atoms with Crippen molar-refractivity contribution in [3.05, 3.63) is 41.5 Å². The van der Waals surface area contributed by atoms with Gasteiger partial charge in [-0.2, -0.15) is 0 Å². The van der Waals surface area contributed by atoms with E-state index >= 15 is 0 Å². The van der Waals surface area contributed by atoms with E-state index in [9.17, 15) is 0 Å². The van der Waals surface area contributed by atoms with Gasteiger partial charge in [0.1, 0.15) is 0 Å². The summed E-state index contributed by atoms with van der Waals surface area (Å²) >= 11 is 2.41. The van der Waals surface area contributed by atoms with Crippen LogP contribution in [0, 0.1) is 0 Å². The number of allylic oxidation sites excluding steroid dienone is 2. The fourth-order valence-corrected chi connectivity index (χ4v) is 2.26. The molecule has 0 unspecified atom stereocenters. The Bertz CT molecular complexity index is 326. The molecule has 0 spiro atoms. The normalized spacial score (nSPS) is 15.9. The lowest BCUT2D eigenvalue weighted by molar-refractivity contribution is 0.935. The molecule has 0 fully saturated rings.